The monoisotopic (exact) mass is 210 g/mol. The largest absolute Gasteiger partial charge is 0.466 e. The fourth-order valence-corrected chi connectivity index (χ4v) is 3.70. The minimum absolute atomic E-state index is 0.0544. The van der Waals surface area contributed by atoms with Crippen LogP contribution in [0.3, 0.4) is 0 Å². The molecule has 3 atom stereocenters. The number of hydrogen-bond donors (Lipinski definition) is 0. The van der Waals surface area contributed by atoms with Gasteiger partial charge in [-0.1, -0.05) is 13.8 Å². The summed E-state index contributed by atoms with van der Waals surface area (Å²) < 4.78 is 5.12. The number of carbonyl (C=O) groups is 1. The molecular weight excluding hydrogens is 188 g/mol. The van der Waals surface area contributed by atoms with Crippen LogP contribution in [-0.4, -0.2) is 12.6 Å². The molecule has 2 heteroatoms. The molecular formula is C13H22O2. The van der Waals surface area contributed by atoms with Gasteiger partial charge >= 0.3 is 5.97 Å². The Kier molecular flexibility index (Phi) is 2.78. The lowest BCUT2D eigenvalue weighted by molar-refractivity contribution is -0.146. The van der Waals surface area contributed by atoms with Gasteiger partial charge in [0.15, 0.2) is 0 Å². The van der Waals surface area contributed by atoms with Gasteiger partial charge in [-0.3, -0.25) is 4.79 Å². The van der Waals surface area contributed by atoms with Crippen molar-refractivity contribution in [3.63, 3.8) is 0 Å². The zero-order valence-corrected chi connectivity index (χ0v) is 10.1. The predicted molar refractivity (Wildman–Crippen MR) is 59.4 cm³/mol. The Morgan fingerprint density at radius 2 is 1.87 bits per heavy atom. The highest BCUT2D eigenvalue weighted by atomic mass is 16.5. The van der Waals surface area contributed by atoms with Crippen molar-refractivity contribution in [2.75, 3.05) is 6.61 Å². The summed E-state index contributed by atoms with van der Waals surface area (Å²) in [6.07, 6.45) is 4.89. The third-order valence-corrected chi connectivity index (χ3v) is 4.08. The highest BCUT2D eigenvalue weighted by Gasteiger charge is 2.60. The second-order valence-electron chi connectivity index (χ2n) is 5.73. The van der Waals surface area contributed by atoms with Gasteiger partial charge in [-0.25, -0.2) is 0 Å². The Morgan fingerprint density at radius 1 is 1.27 bits per heavy atom. The Labute approximate surface area is 92.4 Å². The van der Waals surface area contributed by atoms with Gasteiger partial charge in [-0.15, -0.1) is 0 Å². The van der Waals surface area contributed by atoms with Crippen LogP contribution in [0.4, 0.5) is 0 Å². The van der Waals surface area contributed by atoms with Gasteiger partial charge in [-0.05, 0) is 49.9 Å². The van der Waals surface area contributed by atoms with Crippen LogP contribution in [0.2, 0.25) is 0 Å². The van der Waals surface area contributed by atoms with E-state index in [2.05, 4.69) is 13.8 Å². The standard InChI is InChI=1S/C13H22O2/c1-4-15-12(14)11-8-13(11)6-9(2)5-10(3)7-13/h9-11H,4-8H2,1-3H3. The molecule has 0 radical (unpaired) electrons. The quantitative estimate of drug-likeness (QED) is 0.655. The highest BCUT2D eigenvalue weighted by Crippen LogP contribution is 2.63. The lowest BCUT2D eigenvalue weighted by Crippen LogP contribution is -2.24. The summed E-state index contributed by atoms with van der Waals surface area (Å²) in [5, 5.41) is 0. The fraction of sp³-hybridized carbons (Fsp3) is 0.923. The summed E-state index contributed by atoms with van der Waals surface area (Å²) in [4.78, 5) is 11.7. The first-order chi connectivity index (χ1) is 7.07. The lowest BCUT2D eigenvalue weighted by atomic mass is 9.73. The topological polar surface area (TPSA) is 26.3 Å². The average Bonchev–Trinajstić information content (AvgIpc) is 2.77. The van der Waals surface area contributed by atoms with Crippen LogP contribution in [0, 0.1) is 23.2 Å². The van der Waals surface area contributed by atoms with E-state index in [1.807, 2.05) is 6.92 Å². The SMILES string of the molecule is CCOC(=O)C1CC12CC(C)CC(C)C2. The van der Waals surface area contributed by atoms with Crippen molar-refractivity contribution in [2.24, 2.45) is 23.2 Å². The Bertz CT molecular complexity index is 249. The number of esters is 1. The number of ether oxygens (including phenoxy) is 1. The molecule has 2 rings (SSSR count). The Morgan fingerprint density at radius 3 is 2.40 bits per heavy atom. The molecule has 0 aromatic carbocycles. The van der Waals surface area contributed by atoms with Crippen LogP contribution < -0.4 is 0 Å². The number of rotatable bonds is 2. The molecule has 86 valence electrons. The predicted octanol–water partition coefficient (Wildman–Crippen LogP) is 3.01. The van der Waals surface area contributed by atoms with E-state index in [1.54, 1.807) is 0 Å². The van der Waals surface area contributed by atoms with Gasteiger partial charge in [0.05, 0.1) is 12.5 Å². The van der Waals surface area contributed by atoms with Gasteiger partial charge in [0.25, 0.3) is 0 Å². The van der Waals surface area contributed by atoms with Crippen LogP contribution in [0.15, 0.2) is 0 Å². The van der Waals surface area contributed by atoms with Gasteiger partial charge in [0.1, 0.15) is 0 Å². The summed E-state index contributed by atoms with van der Waals surface area (Å²) >= 11 is 0. The molecule has 0 aromatic rings. The van der Waals surface area contributed by atoms with Crippen molar-refractivity contribution in [1.29, 1.82) is 0 Å². The number of hydrogen-bond acceptors (Lipinski definition) is 2. The van der Waals surface area contributed by atoms with E-state index in [4.69, 9.17) is 4.74 Å². The molecule has 2 nitrogen and oxygen atoms in total. The van der Waals surface area contributed by atoms with E-state index in [-0.39, 0.29) is 11.9 Å². The molecule has 0 bridgehead atoms. The molecule has 2 aliphatic rings. The summed E-state index contributed by atoms with van der Waals surface area (Å²) in [6.45, 7) is 7.05. The molecule has 15 heavy (non-hydrogen) atoms. The molecule has 0 aromatic heterocycles. The second kappa shape index (κ2) is 3.80. The zero-order chi connectivity index (χ0) is 11.1. The second-order valence-corrected chi connectivity index (χ2v) is 5.73. The van der Waals surface area contributed by atoms with Crippen LogP contribution in [0.25, 0.3) is 0 Å². The smallest absolute Gasteiger partial charge is 0.309 e. The van der Waals surface area contributed by atoms with E-state index in [0.717, 1.165) is 18.3 Å². The van der Waals surface area contributed by atoms with Gasteiger partial charge in [0, 0.05) is 0 Å². The maximum absolute atomic E-state index is 11.7. The molecule has 0 amide bonds. The molecule has 2 saturated carbocycles. The van der Waals surface area contributed by atoms with Crippen molar-refractivity contribution >= 4 is 5.97 Å². The third kappa shape index (κ3) is 2.04. The highest BCUT2D eigenvalue weighted by molar-refractivity contribution is 5.77. The first-order valence-electron chi connectivity index (χ1n) is 6.24. The normalized spacial score (nSPS) is 44.1. The molecule has 1 spiro atoms. The molecule has 0 N–H and O–H groups in total. The molecule has 0 aliphatic heterocycles. The van der Waals surface area contributed by atoms with E-state index in [9.17, 15) is 4.79 Å². The van der Waals surface area contributed by atoms with Crippen molar-refractivity contribution < 1.29 is 9.53 Å². The van der Waals surface area contributed by atoms with Crippen molar-refractivity contribution in [2.45, 2.75) is 46.5 Å². The first kappa shape index (κ1) is 11.0. The molecule has 2 fully saturated rings. The minimum atomic E-state index is 0.0544. The first-order valence-corrected chi connectivity index (χ1v) is 6.24. The summed E-state index contributed by atoms with van der Waals surface area (Å²) in [6, 6.07) is 0. The molecule has 0 saturated heterocycles. The van der Waals surface area contributed by atoms with Gasteiger partial charge < -0.3 is 4.74 Å². The summed E-state index contributed by atoms with van der Waals surface area (Å²) in [5.74, 6) is 1.85. The van der Waals surface area contributed by atoms with E-state index >= 15 is 0 Å². The number of carbonyl (C=O) groups excluding carboxylic acids is 1. The zero-order valence-electron chi connectivity index (χ0n) is 10.1. The van der Waals surface area contributed by atoms with E-state index < -0.39 is 0 Å². The third-order valence-electron chi connectivity index (χ3n) is 4.08. The van der Waals surface area contributed by atoms with Crippen LogP contribution in [0.1, 0.15) is 46.5 Å². The van der Waals surface area contributed by atoms with E-state index in [0.29, 0.717) is 12.0 Å². The van der Waals surface area contributed by atoms with Gasteiger partial charge in [0.2, 0.25) is 0 Å². The average molecular weight is 210 g/mol. The Balaban J connectivity index is 1.96. The Hall–Kier alpha value is -0.530. The van der Waals surface area contributed by atoms with Crippen LogP contribution >= 0.6 is 0 Å². The van der Waals surface area contributed by atoms with Crippen molar-refractivity contribution in [1.82, 2.24) is 0 Å². The molecule has 3 unspecified atom stereocenters. The summed E-state index contributed by atoms with van der Waals surface area (Å²) in [7, 11) is 0. The molecule has 0 heterocycles. The van der Waals surface area contributed by atoms with E-state index in [1.165, 1.54) is 19.3 Å². The summed E-state index contributed by atoms with van der Waals surface area (Å²) in [5.41, 5.74) is 0.337. The van der Waals surface area contributed by atoms with Crippen LogP contribution in [-0.2, 0) is 9.53 Å². The van der Waals surface area contributed by atoms with Gasteiger partial charge in [-0.2, -0.15) is 0 Å². The maximum Gasteiger partial charge on any atom is 0.309 e. The van der Waals surface area contributed by atoms with Crippen LogP contribution in [0.5, 0.6) is 0 Å². The fourth-order valence-electron chi connectivity index (χ4n) is 3.70. The molecule has 2 aliphatic carbocycles. The van der Waals surface area contributed by atoms with Crippen molar-refractivity contribution in [3.05, 3.63) is 0 Å². The minimum Gasteiger partial charge on any atom is -0.466 e. The van der Waals surface area contributed by atoms with Crippen molar-refractivity contribution in [3.8, 4) is 0 Å². The maximum atomic E-state index is 11.7. The lowest BCUT2D eigenvalue weighted by Gasteiger charge is -2.32.